The molecule has 0 heterocycles. The Morgan fingerprint density at radius 1 is 1.15 bits per heavy atom. The number of hydrogen-bond acceptors (Lipinski definition) is 4. The molecule has 2 aromatic rings. The Labute approximate surface area is 161 Å². The number of ether oxygens (including phenoxy) is 1. The van der Waals surface area contributed by atoms with E-state index in [0.717, 1.165) is 22.4 Å². The molecule has 0 bridgehead atoms. The smallest absolute Gasteiger partial charge is 0.238 e. The molecule has 1 atom stereocenters. The topological polar surface area (TPSA) is 89.7 Å². The maximum atomic E-state index is 12.4. The molecule has 1 unspecified atom stereocenters. The Kier molecular flexibility index (Phi) is 6.62. The molecule has 0 fully saturated rings. The van der Waals surface area contributed by atoms with Crippen LogP contribution in [-0.2, 0) is 14.8 Å². The summed E-state index contributed by atoms with van der Waals surface area (Å²) < 4.78 is 28.4. The summed E-state index contributed by atoms with van der Waals surface area (Å²) in [4.78, 5) is 14.1. The van der Waals surface area contributed by atoms with Crippen LogP contribution in [-0.4, -0.2) is 32.9 Å². The highest BCUT2D eigenvalue weighted by molar-refractivity contribution is 7.89. The molecule has 0 saturated heterocycles. The molecule has 0 saturated carbocycles. The molecule has 6 nitrogen and oxygen atoms in total. The van der Waals surface area contributed by atoms with Gasteiger partial charge in [0.15, 0.2) is 0 Å². The summed E-state index contributed by atoms with van der Waals surface area (Å²) in [7, 11) is -2.00. The molecule has 1 amide bonds. The van der Waals surface area contributed by atoms with Crippen molar-refractivity contribution in [2.45, 2.75) is 38.1 Å². The molecule has 0 aliphatic heterocycles. The second-order valence-electron chi connectivity index (χ2n) is 6.66. The first kappa shape index (κ1) is 20.9. The number of rotatable bonds is 7. The average Bonchev–Trinajstić information content (AvgIpc) is 2.61. The molecular weight excluding hydrogens is 364 g/mol. The van der Waals surface area contributed by atoms with Crippen molar-refractivity contribution in [2.24, 2.45) is 5.14 Å². The Balaban J connectivity index is 1.93. The van der Waals surface area contributed by atoms with Gasteiger partial charge in [-0.15, -0.1) is 0 Å². The van der Waals surface area contributed by atoms with E-state index in [1.807, 2.05) is 39.0 Å². The molecule has 146 valence electrons. The summed E-state index contributed by atoms with van der Waals surface area (Å²) in [6.45, 7) is 6.18. The maximum absolute atomic E-state index is 12.4. The third kappa shape index (κ3) is 5.55. The summed E-state index contributed by atoms with van der Waals surface area (Å²) in [6.07, 6.45) is 0.253. The zero-order valence-corrected chi connectivity index (χ0v) is 16.9. The van der Waals surface area contributed by atoms with Crippen molar-refractivity contribution in [2.75, 3.05) is 13.7 Å². The lowest BCUT2D eigenvalue weighted by Crippen LogP contribution is -2.30. The first-order valence-corrected chi connectivity index (χ1v) is 10.2. The van der Waals surface area contributed by atoms with Gasteiger partial charge >= 0.3 is 0 Å². The van der Waals surface area contributed by atoms with E-state index >= 15 is 0 Å². The molecule has 0 radical (unpaired) electrons. The van der Waals surface area contributed by atoms with Gasteiger partial charge in [0.25, 0.3) is 0 Å². The van der Waals surface area contributed by atoms with E-state index in [-0.39, 0.29) is 23.3 Å². The van der Waals surface area contributed by atoms with Gasteiger partial charge in [-0.2, -0.15) is 0 Å². The van der Waals surface area contributed by atoms with Crippen LogP contribution in [0.4, 0.5) is 0 Å². The molecule has 0 aliphatic carbocycles. The minimum absolute atomic E-state index is 0.0503. The number of nitrogens with zero attached hydrogens (tertiary/aromatic N) is 1. The van der Waals surface area contributed by atoms with Gasteiger partial charge < -0.3 is 9.64 Å². The van der Waals surface area contributed by atoms with Gasteiger partial charge in [-0.05, 0) is 50.1 Å². The van der Waals surface area contributed by atoms with E-state index < -0.39 is 10.0 Å². The average molecular weight is 391 g/mol. The number of carbonyl (C=O) groups is 1. The van der Waals surface area contributed by atoms with E-state index in [9.17, 15) is 13.2 Å². The minimum Gasteiger partial charge on any atom is -0.493 e. The normalized spacial score (nSPS) is 12.5. The van der Waals surface area contributed by atoms with E-state index in [2.05, 4.69) is 0 Å². The molecular formula is C20H26N2O4S. The van der Waals surface area contributed by atoms with Gasteiger partial charge in [0, 0.05) is 7.05 Å². The SMILES string of the molecule is Cc1ccc(OCCC(=O)N(C)C(C)c2ccc(S(N)(=O)=O)cc2)c(C)c1. The van der Waals surface area contributed by atoms with Crippen molar-refractivity contribution in [3.8, 4) is 5.75 Å². The van der Waals surface area contributed by atoms with Crippen molar-refractivity contribution in [3.63, 3.8) is 0 Å². The van der Waals surface area contributed by atoms with Crippen molar-refractivity contribution >= 4 is 15.9 Å². The second-order valence-corrected chi connectivity index (χ2v) is 8.22. The summed E-state index contributed by atoms with van der Waals surface area (Å²) in [5.41, 5.74) is 3.03. The van der Waals surface area contributed by atoms with E-state index in [1.165, 1.54) is 12.1 Å². The summed E-state index contributed by atoms with van der Waals surface area (Å²) in [5.74, 6) is 0.727. The fourth-order valence-electron chi connectivity index (χ4n) is 2.76. The van der Waals surface area contributed by atoms with Crippen molar-refractivity contribution < 1.29 is 17.9 Å². The quantitative estimate of drug-likeness (QED) is 0.787. The van der Waals surface area contributed by atoms with Crippen LogP contribution in [0.15, 0.2) is 47.4 Å². The lowest BCUT2D eigenvalue weighted by Gasteiger charge is -2.25. The van der Waals surface area contributed by atoms with Gasteiger partial charge in [-0.3, -0.25) is 4.79 Å². The molecule has 2 rings (SSSR count). The van der Waals surface area contributed by atoms with Crippen LogP contribution in [0.2, 0.25) is 0 Å². The Morgan fingerprint density at radius 3 is 2.33 bits per heavy atom. The van der Waals surface area contributed by atoms with Crippen LogP contribution in [0.25, 0.3) is 0 Å². The van der Waals surface area contributed by atoms with Crippen LogP contribution in [0.5, 0.6) is 5.75 Å². The van der Waals surface area contributed by atoms with Crippen LogP contribution in [0.3, 0.4) is 0 Å². The Bertz CT molecular complexity index is 908. The second kappa shape index (κ2) is 8.54. The third-order valence-electron chi connectivity index (χ3n) is 4.57. The van der Waals surface area contributed by atoms with E-state index in [1.54, 1.807) is 24.1 Å². The lowest BCUT2D eigenvalue weighted by molar-refractivity contribution is -0.132. The maximum Gasteiger partial charge on any atom is 0.238 e. The molecule has 2 aromatic carbocycles. The number of nitrogens with two attached hydrogens (primary N) is 1. The van der Waals surface area contributed by atoms with Gasteiger partial charge in [-0.25, -0.2) is 13.6 Å². The molecule has 27 heavy (non-hydrogen) atoms. The van der Waals surface area contributed by atoms with Gasteiger partial charge in [0.2, 0.25) is 15.9 Å². The number of benzene rings is 2. The number of carbonyl (C=O) groups excluding carboxylic acids is 1. The van der Waals surface area contributed by atoms with E-state index in [0.29, 0.717) is 6.61 Å². The van der Waals surface area contributed by atoms with Crippen LogP contribution >= 0.6 is 0 Å². The first-order valence-electron chi connectivity index (χ1n) is 8.68. The van der Waals surface area contributed by atoms with Crippen molar-refractivity contribution in [1.82, 2.24) is 4.90 Å². The van der Waals surface area contributed by atoms with Gasteiger partial charge in [0.1, 0.15) is 5.75 Å². The largest absolute Gasteiger partial charge is 0.493 e. The summed E-state index contributed by atoms with van der Waals surface area (Å²) in [6, 6.07) is 12.0. The Morgan fingerprint density at radius 2 is 1.78 bits per heavy atom. The summed E-state index contributed by atoms with van der Waals surface area (Å²) >= 11 is 0. The van der Waals surface area contributed by atoms with Crippen molar-refractivity contribution in [1.29, 1.82) is 0 Å². The highest BCUT2D eigenvalue weighted by Gasteiger charge is 2.18. The standard InChI is InChI=1S/C20H26N2O4S/c1-14-5-10-19(15(2)13-14)26-12-11-20(23)22(4)16(3)17-6-8-18(9-7-17)27(21,24)25/h5-10,13,16H,11-12H2,1-4H3,(H2,21,24,25). The lowest BCUT2D eigenvalue weighted by atomic mass is 10.1. The fourth-order valence-corrected chi connectivity index (χ4v) is 3.28. The molecule has 7 heteroatoms. The highest BCUT2D eigenvalue weighted by atomic mass is 32.2. The zero-order chi connectivity index (χ0) is 20.2. The highest BCUT2D eigenvalue weighted by Crippen LogP contribution is 2.22. The monoisotopic (exact) mass is 390 g/mol. The predicted molar refractivity (Wildman–Crippen MR) is 105 cm³/mol. The zero-order valence-electron chi connectivity index (χ0n) is 16.1. The summed E-state index contributed by atoms with van der Waals surface area (Å²) in [5, 5.41) is 5.11. The number of amides is 1. The number of hydrogen-bond donors (Lipinski definition) is 1. The fraction of sp³-hybridized carbons (Fsp3) is 0.350. The molecule has 0 aliphatic rings. The number of aryl methyl sites for hydroxylation is 2. The number of primary sulfonamides is 1. The Hall–Kier alpha value is -2.38. The molecule has 2 N–H and O–H groups in total. The van der Waals surface area contributed by atoms with Gasteiger partial charge in [0.05, 0.1) is 24.0 Å². The number of sulfonamides is 1. The van der Waals surface area contributed by atoms with Gasteiger partial charge in [-0.1, -0.05) is 29.8 Å². The first-order chi connectivity index (χ1) is 12.6. The predicted octanol–water partition coefficient (Wildman–Crippen LogP) is 2.94. The van der Waals surface area contributed by atoms with Crippen LogP contribution in [0.1, 0.15) is 36.1 Å². The van der Waals surface area contributed by atoms with E-state index in [4.69, 9.17) is 9.88 Å². The van der Waals surface area contributed by atoms with Crippen LogP contribution < -0.4 is 9.88 Å². The third-order valence-corrected chi connectivity index (χ3v) is 5.50. The minimum atomic E-state index is -3.72. The molecule has 0 aromatic heterocycles. The molecule has 0 spiro atoms. The van der Waals surface area contributed by atoms with Crippen molar-refractivity contribution in [3.05, 3.63) is 59.2 Å². The van der Waals surface area contributed by atoms with Crippen LogP contribution in [0, 0.1) is 13.8 Å².